The zero-order valence-corrected chi connectivity index (χ0v) is 17.8. The van der Waals surface area contributed by atoms with Crippen LogP contribution in [0.25, 0.3) is 0 Å². The Hall–Kier alpha value is -1.60. The number of aromatic hydroxyl groups is 1. The molecule has 1 aliphatic rings. The average Bonchev–Trinajstić information content (AvgIpc) is 3.23. The minimum atomic E-state index is -4.10. The fraction of sp³-hybridized carbons (Fsp3) is 0.294. The molecule has 1 saturated carbocycles. The fourth-order valence-corrected chi connectivity index (χ4v) is 6.47. The second-order valence-corrected chi connectivity index (χ2v) is 11.0. The Kier molecular flexibility index (Phi) is 5.54. The molecule has 0 spiro atoms. The van der Waals surface area contributed by atoms with Crippen molar-refractivity contribution in [2.24, 2.45) is 0 Å². The molecule has 27 heavy (non-hydrogen) atoms. The van der Waals surface area contributed by atoms with E-state index in [1.165, 1.54) is 18.2 Å². The molecule has 6 nitrogen and oxygen atoms in total. The molecule has 0 bridgehead atoms. The molecule has 0 unspecified atom stereocenters. The predicted octanol–water partition coefficient (Wildman–Crippen LogP) is 4.32. The van der Waals surface area contributed by atoms with Gasteiger partial charge in [0.15, 0.2) is 0 Å². The third-order valence-corrected chi connectivity index (χ3v) is 8.31. The molecule has 3 rings (SSSR count). The van der Waals surface area contributed by atoms with Gasteiger partial charge in [-0.15, -0.1) is 11.3 Å². The van der Waals surface area contributed by atoms with E-state index >= 15 is 0 Å². The van der Waals surface area contributed by atoms with E-state index in [4.69, 9.17) is 11.6 Å². The first kappa shape index (κ1) is 20.1. The van der Waals surface area contributed by atoms with Crippen LogP contribution in [0.1, 0.15) is 41.6 Å². The van der Waals surface area contributed by atoms with Crippen LogP contribution in [-0.2, 0) is 15.4 Å². The second-order valence-electron chi connectivity index (χ2n) is 6.25. The van der Waals surface area contributed by atoms with Crippen LogP contribution in [-0.4, -0.2) is 19.4 Å². The molecule has 2 aromatic rings. The van der Waals surface area contributed by atoms with E-state index in [1.54, 1.807) is 6.07 Å². The van der Waals surface area contributed by atoms with E-state index in [9.17, 15) is 23.6 Å². The molecule has 1 aromatic heterocycles. The van der Waals surface area contributed by atoms with Gasteiger partial charge in [-0.3, -0.25) is 4.79 Å². The van der Waals surface area contributed by atoms with Gasteiger partial charge in [0, 0.05) is 0 Å². The van der Waals surface area contributed by atoms with Crippen molar-refractivity contribution in [1.29, 1.82) is 5.26 Å². The number of sulfonamides is 1. The number of hydrogen-bond donors (Lipinski definition) is 2. The first-order valence-electron chi connectivity index (χ1n) is 7.95. The summed E-state index contributed by atoms with van der Waals surface area (Å²) in [5.74, 6) is -1.50. The Morgan fingerprint density at radius 1 is 1.33 bits per heavy atom. The number of nitrogens with one attached hydrogen (secondary N) is 1. The van der Waals surface area contributed by atoms with Crippen molar-refractivity contribution in [3.8, 4) is 11.8 Å². The number of thiophene rings is 1. The number of phenolic OH excluding ortho intramolecular Hbond substituents is 1. The van der Waals surface area contributed by atoms with Gasteiger partial charge in [0.25, 0.3) is 15.9 Å². The lowest BCUT2D eigenvalue weighted by atomic mass is 9.80. The minimum Gasteiger partial charge on any atom is -0.507 e. The fourth-order valence-electron chi connectivity index (χ4n) is 3.20. The normalized spacial score (nSPS) is 16.0. The van der Waals surface area contributed by atoms with Gasteiger partial charge in [0.05, 0.1) is 20.3 Å². The van der Waals surface area contributed by atoms with Crippen LogP contribution < -0.4 is 4.72 Å². The molecule has 2 N–H and O–H groups in total. The third-order valence-electron chi connectivity index (χ3n) is 4.56. The second kappa shape index (κ2) is 7.43. The van der Waals surface area contributed by atoms with E-state index in [-0.39, 0.29) is 14.8 Å². The first-order valence-corrected chi connectivity index (χ1v) is 11.4. The summed E-state index contributed by atoms with van der Waals surface area (Å²) >= 11 is 10.3. The number of benzene rings is 1. The molecular formula is C17H14BrClN2O4S2. The van der Waals surface area contributed by atoms with Crippen molar-refractivity contribution in [3.63, 3.8) is 0 Å². The number of amides is 1. The van der Waals surface area contributed by atoms with Gasteiger partial charge in [-0.2, -0.15) is 5.26 Å². The maximum Gasteiger partial charge on any atom is 0.273 e. The summed E-state index contributed by atoms with van der Waals surface area (Å²) in [6.07, 6.45) is 3.07. The predicted molar refractivity (Wildman–Crippen MR) is 106 cm³/mol. The summed E-state index contributed by atoms with van der Waals surface area (Å²) in [6.45, 7) is 0. The molecule has 1 aliphatic carbocycles. The summed E-state index contributed by atoms with van der Waals surface area (Å²) < 4.78 is 27.1. The van der Waals surface area contributed by atoms with Crippen molar-refractivity contribution >= 4 is 54.8 Å². The molecule has 0 radical (unpaired) electrons. The van der Waals surface area contributed by atoms with Gasteiger partial charge in [-0.25, -0.2) is 13.1 Å². The molecule has 1 amide bonds. The number of carbonyl (C=O) groups is 1. The monoisotopic (exact) mass is 488 g/mol. The highest BCUT2D eigenvalue weighted by atomic mass is 79.9. The summed E-state index contributed by atoms with van der Waals surface area (Å²) in [6, 6.07) is 7.97. The van der Waals surface area contributed by atoms with Crippen LogP contribution in [0, 0.1) is 11.3 Å². The third kappa shape index (κ3) is 3.85. The van der Waals surface area contributed by atoms with E-state index in [2.05, 4.69) is 22.0 Å². The summed E-state index contributed by atoms with van der Waals surface area (Å²) in [7, 11) is -4.10. The van der Waals surface area contributed by atoms with Crippen molar-refractivity contribution in [2.45, 2.75) is 35.3 Å². The van der Waals surface area contributed by atoms with Crippen LogP contribution in [0.4, 0.5) is 0 Å². The largest absolute Gasteiger partial charge is 0.507 e. The zero-order chi connectivity index (χ0) is 19.8. The summed E-state index contributed by atoms with van der Waals surface area (Å²) in [4.78, 5) is 12.5. The lowest BCUT2D eigenvalue weighted by Crippen LogP contribution is -2.30. The summed E-state index contributed by atoms with van der Waals surface area (Å²) in [5.41, 5.74) is -0.553. The average molecular weight is 490 g/mol. The van der Waals surface area contributed by atoms with Crippen LogP contribution in [0.2, 0.25) is 5.02 Å². The molecule has 10 heteroatoms. The summed E-state index contributed by atoms with van der Waals surface area (Å²) in [5, 5.41) is 19.8. The molecule has 142 valence electrons. The Bertz CT molecular complexity index is 1030. The molecule has 1 aromatic carbocycles. The Labute approximate surface area is 174 Å². The van der Waals surface area contributed by atoms with Gasteiger partial charge in [-0.1, -0.05) is 24.4 Å². The van der Waals surface area contributed by atoms with Gasteiger partial charge in [0.2, 0.25) is 0 Å². The highest BCUT2D eigenvalue weighted by molar-refractivity contribution is 9.11. The van der Waals surface area contributed by atoms with Gasteiger partial charge in [-0.05, 0) is 58.6 Å². The lowest BCUT2D eigenvalue weighted by molar-refractivity contribution is 0.0979. The van der Waals surface area contributed by atoms with Crippen LogP contribution >= 0.6 is 38.9 Å². The van der Waals surface area contributed by atoms with E-state index in [1.807, 2.05) is 4.72 Å². The number of halogens is 2. The minimum absolute atomic E-state index is 0.0515. The maximum absolute atomic E-state index is 12.5. The smallest absolute Gasteiger partial charge is 0.273 e. The highest BCUT2D eigenvalue weighted by Crippen LogP contribution is 2.43. The van der Waals surface area contributed by atoms with Crippen molar-refractivity contribution < 1.29 is 18.3 Å². The molecule has 1 fully saturated rings. The van der Waals surface area contributed by atoms with Crippen molar-refractivity contribution in [3.05, 3.63) is 44.2 Å². The van der Waals surface area contributed by atoms with Crippen molar-refractivity contribution in [2.75, 3.05) is 0 Å². The molecule has 0 aliphatic heterocycles. The zero-order valence-electron chi connectivity index (χ0n) is 13.8. The standard InChI is InChI=1S/C17H14BrClN2O4S2/c18-13-3-4-14(26-13)27(24,25)21-16(23)15-11(19)7-10(8-12(15)22)17(9-20)5-1-2-6-17/h3-4,7-8,22H,1-2,5-6H2,(H,21,23). The number of phenols is 1. The molecule has 1 heterocycles. The van der Waals surface area contributed by atoms with Crippen LogP contribution in [0.15, 0.2) is 32.3 Å². The van der Waals surface area contributed by atoms with Crippen LogP contribution in [0.5, 0.6) is 5.75 Å². The number of carbonyl (C=O) groups excluding carboxylic acids is 1. The molecule has 0 atom stereocenters. The Morgan fingerprint density at radius 3 is 2.52 bits per heavy atom. The quantitative estimate of drug-likeness (QED) is 0.665. The SMILES string of the molecule is N#CC1(c2cc(O)c(C(=O)NS(=O)(=O)c3ccc(Br)s3)c(Cl)c2)CCCC1. The van der Waals surface area contributed by atoms with E-state index in [0.717, 1.165) is 24.2 Å². The Morgan fingerprint density at radius 2 is 2.00 bits per heavy atom. The van der Waals surface area contributed by atoms with E-state index < -0.39 is 27.1 Å². The number of nitriles is 1. The first-order chi connectivity index (χ1) is 12.7. The number of nitrogens with zero attached hydrogens (tertiary/aromatic N) is 1. The molecular weight excluding hydrogens is 476 g/mol. The van der Waals surface area contributed by atoms with Gasteiger partial charge in [0.1, 0.15) is 15.5 Å². The highest BCUT2D eigenvalue weighted by Gasteiger charge is 2.37. The Balaban J connectivity index is 1.93. The van der Waals surface area contributed by atoms with Crippen LogP contribution in [0.3, 0.4) is 0 Å². The number of rotatable bonds is 4. The molecule has 0 saturated heterocycles. The van der Waals surface area contributed by atoms with Crippen molar-refractivity contribution in [1.82, 2.24) is 4.72 Å². The van der Waals surface area contributed by atoms with Gasteiger partial charge < -0.3 is 5.11 Å². The van der Waals surface area contributed by atoms with E-state index in [0.29, 0.717) is 22.2 Å². The number of hydrogen-bond acceptors (Lipinski definition) is 6. The van der Waals surface area contributed by atoms with Gasteiger partial charge >= 0.3 is 0 Å². The lowest BCUT2D eigenvalue weighted by Gasteiger charge is -2.22. The topological polar surface area (TPSA) is 107 Å². The maximum atomic E-state index is 12.5.